The van der Waals surface area contributed by atoms with Crippen molar-refractivity contribution in [3.05, 3.63) is 63.4 Å². The molecule has 128 valence electrons. The molecule has 0 bridgehead atoms. The molecular weight excluding hydrogens is 398 g/mol. The van der Waals surface area contributed by atoms with Gasteiger partial charge in [-0.25, -0.2) is 4.98 Å². The standard InChI is InChI=1S/C19H18BrN3OS/c1-3-24-17-10-9-14(11-16(17)20)12-21-23-19-22-18(13(2)25-19)15-7-5-4-6-8-15/h4-12H,3H2,1-2H3,(H,22,23)/b21-12-. The van der Waals surface area contributed by atoms with Gasteiger partial charge in [0.2, 0.25) is 5.13 Å². The highest BCUT2D eigenvalue weighted by atomic mass is 79.9. The topological polar surface area (TPSA) is 46.5 Å². The van der Waals surface area contributed by atoms with Crippen molar-refractivity contribution >= 4 is 38.6 Å². The van der Waals surface area contributed by atoms with E-state index in [2.05, 4.69) is 50.5 Å². The number of aryl methyl sites for hydroxylation is 1. The lowest BCUT2D eigenvalue weighted by atomic mass is 10.1. The fourth-order valence-corrected chi connectivity index (χ4v) is 3.64. The molecule has 3 aromatic rings. The summed E-state index contributed by atoms with van der Waals surface area (Å²) in [5.74, 6) is 0.829. The maximum absolute atomic E-state index is 5.51. The largest absolute Gasteiger partial charge is 0.493 e. The molecule has 6 heteroatoms. The summed E-state index contributed by atoms with van der Waals surface area (Å²) in [5, 5.41) is 5.06. The van der Waals surface area contributed by atoms with Gasteiger partial charge in [-0.15, -0.1) is 11.3 Å². The van der Waals surface area contributed by atoms with Gasteiger partial charge in [-0.3, -0.25) is 5.43 Å². The SMILES string of the molecule is CCOc1ccc(/C=N\Nc2nc(-c3ccccc3)c(C)s2)cc1Br. The molecule has 0 atom stereocenters. The van der Waals surface area contributed by atoms with Crippen LogP contribution in [0.15, 0.2) is 58.1 Å². The Morgan fingerprint density at radius 2 is 2.04 bits per heavy atom. The van der Waals surface area contributed by atoms with E-state index in [9.17, 15) is 0 Å². The predicted octanol–water partition coefficient (Wildman–Crippen LogP) is 5.73. The fourth-order valence-electron chi connectivity index (χ4n) is 2.34. The summed E-state index contributed by atoms with van der Waals surface area (Å²) in [6, 6.07) is 16.0. The molecule has 1 heterocycles. The van der Waals surface area contributed by atoms with E-state index in [0.717, 1.165) is 37.1 Å². The van der Waals surface area contributed by atoms with Gasteiger partial charge in [-0.05, 0) is 53.5 Å². The molecule has 0 spiro atoms. The quantitative estimate of drug-likeness (QED) is 0.413. The third-order valence-electron chi connectivity index (χ3n) is 3.47. The van der Waals surface area contributed by atoms with Gasteiger partial charge in [0.15, 0.2) is 0 Å². The number of hydrogen-bond donors (Lipinski definition) is 1. The Hall–Kier alpha value is -2.18. The smallest absolute Gasteiger partial charge is 0.204 e. The Balaban J connectivity index is 1.70. The van der Waals surface area contributed by atoms with Crippen LogP contribution in [0.3, 0.4) is 0 Å². The van der Waals surface area contributed by atoms with E-state index in [4.69, 9.17) is 4.74 Å². The van der Waals surface area contributed by atoms with Crippen molar-refractivity contribution in [2.45, 2.75) is 13.8 Å². The Labute approximate surface area is 159 Å². The van der Waals surface area contributed by atoms with E-state index < -0.39 is 0 Å². The average molecular weight is 416 g/mol. The summed E-state index contributed by atoms with van der Waals surface area (Å²) >= 11 is 5.10. The van der Waals surface area contributed by atoms with E-state index in [-0.39, 0.29) is 0 Å². The van der Waals surface area contributed by atoms with Gasteiger partial charge in [-0.1, -0.05) is 30.3 Å². The molecule has 0 saturated heterocycles. The first kappa shape index (κ1) is 17.6. The van der Waals surface area contributed by atoms with Crippen LogP contribution in [0.25, 0.3) is 11.3 Å². The molecule has 0 saturated carbocycles. The molecule has 0 radical (unpaired) electrons. The number of nitrogens with zero attached hydrogens (tertiary/aromatic N) is 2. The zero-order chi connectivity index (χ0) is 17.6. The molecule has 4 nitrogen and oxygen atoms in total. The van der Waals surface area contributed by atoms with Gasteiger partial charge in [0, 0.05) is 10.4 Å². The number of hydrogen-bond acceptors (Lipinski definition) is 5. The Kier molecular flexibility index (Phi) is 5.83. The molecule has 1 N–H and O–H groups in total. The van der Waals surface area contributed by atoms with Gasteiger partial charge < -0.3 is 4.74 Å². The summed E-state index contributed by atoms with van der Waals surface area (Å²) in [7, 11) is 0. The number of nitrogens with one attached hydrogen (secondary N) is 1. The molecule has 25 heavy (non-hydrogen) atoms. The fraction of sp³-hybridized carbons (Fsp3) is 0.158. The molecule has 0 fully saturated rings. The highest BCUT2D eigenvalue weighted by molar-refractivity contribution is 9.10. The minimum absolute atomic E-state index is 0.640. The molecule has 1 aromatic heterocycles. The maximum atomic E-state index is 5.51. The first-order valence-corrected chi connectivity index (χ1v) is 9.52. The van der Waals surface area contributed by atoms with E-state index in [1.165, 1.54) is 0 Å². The number of thiazole rings is 1. The highest BCUT2D eigenvalue weighted by Crippen LogP contribution is 2.30. The zero-order valence-corrected chi connectivity index (χ0v) is 16.4. The van der Waals surface area contributed by atoms with Crippen molar-refractivity contribution in [1.29, 1.82) is 0 Å². The molecule has 2 aromatic carbocycles. The normalized spacial score (nSPS) is 11.0. The monoisotopic (exact) mass is 415 g/mol. The van der Waals surface area contributed by atoms with E-state index in [1.54, 1.807) is 17.6 Å². The summed E-state index contributed by atoms with van der Waals surface area (Å²) in [5.41, 5.74) is 6.09. The zero-order valence-electron chi connectivity index (χ0n) is 14.0. The average Bonchev–Trinajstić information content (AvgIpc) is 2.99. The van der Waals surface area contributed by atoms with Crippen LogP contribution in [0, 0.1) is 6.92 Å². The second-order valence-electron chi connectivity index (χ2n) is 5.28. The number of anilines is 1. The van der Waals surface area contributed by atoms with E-state index in [1.807, 2.05) is 43.3 Å². The van der Waals surface area contributed by atoms with Crippen molar-refractivity contribution < 1.29 is 4.74 Å². The molecular formula is C19H18BrN3OS. The van der Waals surface area contributed by atoms with Crippen molar-refractivity contribution in [3.8, 4) is 17.0 Å². The van der Waals surface area contributed by atoms with Crippen molar-refractivity contribution in [3.63, 3.8) is 0 Å². The van der Waals surface area contributed by atoms with Crippen molar-refractivity contribution in [1.82, 2.24) is 4.98 Å². The van der Waals surface area contributed by atoms with Crippen LogP contribution in [0.5, 0.6) is 5.75 Å². The lowest BCUT2D eigenvalue weighted by molar-refractivity contribution is 0.338. The second kappa shape index (κ2) is 8.27. The van der Waals surface area contributed by atoms with Gasteiger partial charge in [0.25, 0.3) is 0 Å². The highest BCUT2D eigenvalue weighted by Gasteiger charge is 2.08. The third-order valence-corrected chi connectivity index (χ3v) is 4.97. The summed E-state index contributed by atoms with van der Waals surface area (Å²) in [6.45, 7) is 4.67. The Morgan fingerprint density at radius 3 is 2.76 bits per heavy atom. The third kappa shape index (κ3) is 4.46. The van der Waals surface area contributed by atoms with E-state index >= 15 is 0 Å². The number of halogens is 1. The molecule has 3 rings (SSSR count). The number of rotatable bonds is 6. The lowest BCUT2D eigenvalue weighted by Gasteiger charge is -2.05. The maximum Gasteiger partial charge on any atom is 0.204 e. The van der Waals surface area contributed by atoms with E-state index in [0.29, 0.717) is 6.61 Å². The van der Waals surface area contributed by atoms with Crippen LogP contribution in [0.2, 0.25) is 0 Å². The number of ether oxygens (including phenoxy) is 1. The first-order chi connectivity index (χ1) is 12.2. The van der Waals surface area contributed by atoms with Crippen LogP contribution in [0.1, 0.15) is 17.4 Å². The van der Waals surface area contributed by atoms with Gasteiger partial charge in [0.05, 0.1) is 23.0 Å². The first-order valence-electron chi connectivity index (χ1n) is 7.91. The van der Waals surface area contributed by atoms with Crippen LogP contribution >= 0.6 is 27.3 Å². The lowest BCUT2D eigenvalue weighted by Crippen LogP contribution is -1.94. The minimum Gasteiger partial charge on any atom is -0.493 e. The second-order valence-corrected chi connectivity index (χ2v) is 7.34. The van der Waals surface area contributed by atoms with Crippen molar-refractivity contribution in [2.75, 3.05) is 12.0 Å². The number of aromatic nitrogens is 1. The molecule has 0 unspecified atom stereocenters. The number of benzene rings is 2. The van der Waals surface area contributed by atoms with Crippen LogP contribution in [-0.4, -0.2) is 17.8 Å². The van der Waals surface area contributed by atoms with Gasteiger partial charge in [-0.2, -0.15) is 5.10 Å². The number of hydrazone groups is 1. The predicted molar refractivity (Wildman–Crippen MR) is 109 cm³/mol. The van der Waals surface area contributed by atoms with Crippen LogP contribution in [0.4, 0.5) is 5.13 Å². The summed E-state index contributed by atoms with van der Waals surface area (Å²) < 4.78 is 6.42. The van der Waals surface area contributed by atoms with Gasteiger partial charge in [0.1, 0.15) is 5.75 Å². The molecule has 0 aliphatic heterocycles. The molecule has 0 aliphatic carbocycles. The molecule has 0 amide bonds. The Bertz CT molecular complexity index is 878. The van der Waals surface area contributed by atoms with Crippen molar-refractivity contribution in [2.24, 2.45) is 5.10 Å². The molecule has 0 aliphatic rings. The summed E-state index contributed by atoms with van der Waals surface area (Å²) in [6.07, 6.45) is 1.76. The Morgan fingerprint density at radius 1 is 1.24 bits per heavy atom. The minimum atomic E-state index is 0.640. The summed E-state index contributed by atoms with van der Waals surface area (Å²) in [4.78, 5) is 5.79. The van der Waals surface area contributed by atoms with Crippen LogP contribution < -0.4 is 10.2 Å². The van der Waals surface area contributed by atoms with Gasteiger partial charge >= 0.3 is 0 Å². The van der Waals surface area contributed by atoms with Crippen LogP contribution in [-0.2, 0) is 0 Å².